The van der Waals surface area contributed by atoms with Crippen molar-refractivity contribution >= 4 is 31.5 Å². The number of hydrogen-bond donors (Lipinski definition) is 1. The fourth-order valence-corrected chi connectivity index (χ4v) is 5.30. The summed E-state index contributed by atoms with van der Waals surface area (Å²) in [6.45, 7) is 1.01. The maximum absolute atomic E-state index is 12.5. The zero-order valence-corrected chi connectivity index (χ0v) is 16.4. The second kappa shape index (κ2) is 7.41. The summed E-state index contributed by atoms with van der Waals surface area (Å²) in [4.78, 5) is 12.6. The van der Waals surface area contributed by atoms with Gasteiger partial charge in [-0.1, -0.05) is 12.1 Å². The van der Waals surface area contributed by atoms with Gasteiger partial charge >= 0.3 is 0 Å². The van der Waals surface area contributed by atoms with Gasteiger partial charge in [-0.15, -0.1) is 0 Å². The van der Waals surface area contributed by atoms with Crippen molar-refractivity contribution in [1.29, 1.82) is 0 Å². The van der Waals surface area contributed by atoms with E-state index in [2.05, 4.69) is 5.32 Å². The van der Waals surface area contributed by atoms with Crippen LogP contribution >= 0.6 is 0 Å². The van der Waals surface area contributed by atoms with Crippen LogP contribution in [0.4, 0.5) is 5.69 Å². The van der Waals surface area contributed by atoms with Crippen LogP contribution in [-0.4, -0.2) is 46.4 Å². The summed E-state index contributed by atoms with van der Waals surface area (Å²) in [5, 5.41) is 2.57. The highest BCUT2D eigenvalue weighted by molar-refractivity contribution is 7.91. The van der Waals surface area contributed by atoms with Gasteiger partial charge in [0.15, 0.2) is 9.84 Å². The van der Waals surface area contributed by atoms with E-state index >= 15 is 0 Å². The molecule has 0 spiro atoms. The molecule has 7 nitrogen and oxygen atoms in total. The molecule has 1 heterocycles. The van der Waals surface area contributed by atoms with Gasteiger partial charge in [-0.25, -0.2) is 16.8 Å². The minimum atomic E-state index is -3.54. The number of rotatable bonds is 5. The zero-order valence-electron chi connectivity index (χ0n) is 14.8. The molecule has 2 aromatic carbocycles. The molecule has 2 aromatic rings. The Bertz CT molecular complexity index is 1060. The van der Waals surface area contributed by atoms with E-state index in [9.17, 15) is 21.6 Å². The number of sulfone groups is 1. The molecule has 0 aliphatic carbocycles. The Morgan fingerprint density at radius 2 is 1.52 bits per heavy atom. The van der Waals surface area contributed by atoms with Crippen molar-refractivity contribution < 1.29 is 21.6 Å². The SMILES string of the molecule is CS(=O)(=O)c1ccccc1NC(=O)c1ccc(S(=O)(=O)N2CCCC2)cc1. The van der Waals surface area contributed by atoms with Gasteiger partial charge in [-0.05, 0) is 49.2 Å². The third-order valence-electron chi connectivity index (χ3n) is 4.35. The van der Waals surface area contributed by atoms with Gasteiger partial charge in [0.25, 0.3) is 5.91 Å². The van der Waals surface area contributed by atoms with Crippen molar-refractivity contribution in [2.24, 2.45) is 0 Å². The topological polar surface area (TPSA) is 101 Å². The lowest BCUT2D eigenvalue weighted by atomic mass is 10.2. The summed E-state index contributed by atoms with van der Waals surface area (Å²) < 4.78 is 50.1. The lowest BCUT2D eigenvalue weighted by Gasteiger charge is -2.15. The molecule has 144 valence electrons. The number of anilines is 1. The fraction of sp³-hybridized carbons (Fsp3) is 0.278. The molecule has 1 N–H and O–H groups in total. The standard InChI is InChI=1S/C18H20N2O5S2/c1-26(22,23)17-7-3-2-6-16(17)19-18(21)14-8-10-15(11-9-14)27(24,25)20-12-4-5-13-20/h2-3,6-11H,4-5,12-13H2,1H3,(H,19,21). The average molecular weight is 409 g/mol. The third kappa shape index (κ3) is 4.20. The van der Waals surface area contributed by atoms with Gasteiger partial charge < -0.3 is 5.32 Å². The van der Waals surface area contributed by atoms with E-state index in [-0.39, 0.29) is 21.0 Å². The first kappa shape index (κ1) is 19.5. The number of nitrogens with one attached hydrogen (secondary N) is 1. The summed E-state index contributed by atoms with van der Waals surface area (Å²) >= 11 is 0. The molecule has 0 saturated carbocycles. The van der Waals surface area contributed by atoms with Gasteiger partial charge in [0, 0.05) is 24.9 Å². The highest BCUT2D eigenvalue weighted by Crippen LogP contribution is 2.23. The van der Waals surface area contributed by atoms with Crippen molar-refractivity contribution in [3.05, 3.63) is 54.1 Å². The average Bonchev–Trinajstić information content (AvgIpc) is 3.17. The van der Waals surface area contributed by atoms with E-state index in [4.69, 9.17) is 0 Å². The largest absolute Gasteiger partial charge is 0.321 e. The molecular formula is C18H20N2O5S2. The maximum Gasteiger partial charge on any atom is 0.255 e. The number of amides is 1. The van der Waals surface area contributed by atoms with Gasteiger partial charge in [0.2, 0.25) is 10.0 Å². The third-order valence-corrected chi connectivity index (χ3v) is 7.42. The monoisotopic (exact) mass is 408 g/mol. The molecule has 0 aromatic heterocycles. The number of para-hydroxylation sites is 1. The summed E-state index contributed by atoms with van der Waals surface area (Å²) in [6.07, 6.45) is 2.76. The Labute approximate surface area is 159 Å². The molecule has 27 heavy (non-hydrogen) atoms. The van der Waals surface area contributed by atoms with E-state index in [0.29, 0.717) is 13.1 Å². The quantitative estimate of drug-likeness (QED) is 0.817. The molecule has 1 aliphatic rings. The van der Waals surface area contributed by atoms with Crippen LogP contribution in [0.2, 0.25) is 0 Å². The summed E-state index contributed by atoms with van der Waals surface area (Å²) in [5.74, 6) is -0.517. The van der Waals surface area contributed by atoms with Crippen LogP contribution < -0.4 is 5.32 Å². The van der Waals surface area contributed by atoms with Crippen LogP contribution in [0.5, 0.6) is 0 Å². The van der Waals surface area contributed by atoms with Crippen molar-refractivity contribution in [3.8, 4) is 0 Å². The Hall–Kier alpha value is -2.23. The van der Waals surface area contributed by atoms with E-state index < -0.39 is 25.8 Å². The molecule has 0 atom stereocenters. The first-order chi connectivity index (χ1) is 12.7. The van der Waals surface area contributed by atoms with Crippen molar-refractivity contribution in [2.45, 2.75) is 22.6 Å². The molecule has 1 fully saturated rings. The van der Waals surface area contributed by atoms with Crippen molar-refractivity contribution in [1.82, 2.24) is 4.31 Å². The second-order valence-corrected chi connectivity index (χ2v) is 10.3. The first-order valence-corrected chi connectivity index (χ1v) is 11.7. The highest BCUT2D eigenvalue weighted by atomic mass is 32.2. The summed E-state index contributed by atoms with van der Waals surface area (Å²) in [5.41, 5.74) is 0.414. The van der Waals surface area contributed by atoms with Crippen LogP contribution in [0.25, 0.3) is 0 Å². The number of benzene rings is 2. The number of hydrogen-bond acceptors (Lipinski definition) is 5. The normalized spacial score (nSPS) is 15.6. The minimum Gasteiger partial charge on any atom is -0.321 e. The van der Waals surface area contributed by atoms with Gasteiger partial charge in [0.1, 0.15) is 0 Å². The minimum absolute atomic E-state index is 0.0200. The van der Waals surface area contributed by atoms with Crippen LogP contribution in [0.1, 0.15) is 23.2 Å². The van der Waals surface area contributed by atoms with Crippen LogP contribution in [0.15, 0.2) is 58.3 Å². The fourth-order valence-electron chi connectivity index (χ4n) is 2.94. The lowest BCUT2D eigenvalue weighted by Crippen LogP contribution is -2.27. The number of carbonyl (C=O) groups excluding carboxylic acids is 1. The van der Waals surface area contributed by atoms with Crippen LogP contribution in [0.3, 0.4) is 0 Å². The molecule has 9 heteroatoms. The Balaban J connectivity index is 1.81. The molecular weight excluding hydrogens is 388 g/mol. The maximum atomic E-state index is 12.5. The molecule has 0 radical (unpaired) electrons. The Morgan fingerprint density at radius 1 is 0.926 bits per heavy atom. The van der Waals surface area contributed by atoms with Gasteiger partial charge in [-0.2, -0.15) is 4.31 Å². The highest BCUT2D eigenvalue weighted by Gasteiger charge is 2.27. The predicted octanol–water partition coefficient (Wildman–Crippen LogP) is 2.13. The first-order valence-electron chi connectivity index (χ1n) is 8.40. The van der Waals surface area contributed by atoms with Gasteiger partial charge in [-0.3, -0.25) is 4.79 Å². The van der Waals surface area contributed by atoms with Crippen LogP contribution in [-0.2, 0) is 19.9 Å². The molecule has 1 saturated heterocycles. The summed E-state index contributed by atoms with van der Waals surface area (Å²) in [6, 6.07) is 11.7. The number of nitrogens with zero attached hydrogens (tertiary/aromatic N) is 1. The van der Waals surface area contributed by atoms with E-state index in [1.807, 2.05) is 0 Å². The predicted molar refractivity (Wildman–Crippen MR) is 102 cm³/mol. The molecule has 3 rings (SSSR count). The molecule has 0 bridgehead atoms. The van der Waals surface area contributed by atoms with Gasteiger partial charge in [0.05, 0.1) is 15.5 Å². The Morgan fingerprint density at radius 3 is 2.11 bits per heavy atom. The second-order valence-electron chi connectivity index (χ2n) is 6.36. The van der Waals surface area contributed by atoms with E-state index in [1.165, 1.54) is 40.7 Å². The Kier molecular flexibility index (Phi) is 5.36. The molecule has 0 unspecified atom stereocenters. The number of sulfonamides is 1. The van der Waals surface area contributed by atoms with E-state index in [1.54, 1.807) is 12.1 Å². The molecule has 1 amide bonds. The molecule has 1 aliphatic heterocycles. The number of carbonyl (C=O) groups is 1. The zero-order chi connectivity index (χ0) is 19.7. The van der Waals surface area contributed by atoms with Crippen LogP contribution in [0, 0.1) is 0 Å². The van der Waals surface area contributed by atoms with E-state index in [0.717, 1.165) is 19.1 Å². The summed E-state index contributed by atoms with van der Waals surface area (Å²) in [7, 11) is -7.04. The lowest BCUT2D eigenvalue weighted by molar-refractivity contribution is 0.102. The van der Waals surface area contributed by atoms with Crippen molar-refractivity contribution in [3.63, 3.8) is 0 Å². The smallest absolute Gasteiger partial charge is 0.255 e. The van der Waals surface area contributed by atoms with Crippen molar-refractivity contribution in [2.75, 3.05) is 24.7 Å².